The monoisotopic (exact) mass is 311 g/mol. The summed E-state index contributed by atoms with van der Waals surface area (Å²) in [5.74, 6) is 0.160. The van der Waals surface area contributed by atoms with Gasteiger partial charge in [-0.25, -0.2) is 0 Å². The van der Waals surface area contributed by atoms with E-state index in [9.17, 15) is 9.90 Å². The Labute approximate surface area is 133 Å². The molecule has 3 fully saturated rings. The summed E-state index contributed by atoms with van der Waals surface area (Å²) in [5.41, 5.74) is -0.590. The lowest BCUT2D eigenvalue weighted by molar-refractivity contribution is -0.143. The number of likely N-dealkylation sites (tertiary alicyclic amines) is 1. The first kappa shape index (κ1) is 16.2. The molecule has 6 nitrogen and oxygen atoms in total. The van der Waals surface area contributed by atoms with Crippen LogP contribution >= 0.6 is 0 Å². The SMILES string of the molecule is CN1CCC[C@@](O)(CN2CCN(C(=O)[C@H]3CCCO3)CC2)C1. The molecule has 0 bridgehead atoms. The Morgan fingerprint density at radius 1 is 1.23 bits per heavy atom. The molecule has 3 heterocycles. The minimum atomic E-state index is -0.590. The van der Waals surface area contributed by atoms with E-state index in [2.05, 4.69) is 16.8 Å². The molecule has 6 heteroatoms. The van der Waals surface area contributed by atoms with Crippen LogP contribution in [0.15, 0.2) is 0 Å². The van der Waals surface area contributed by atoms with Gasteiger partial charge in [0.15, 0.2) is 0 Å². The number of ether oxygens (including phenoxy) is 1. The van der Waals surface area contributed by atoms with E-state index in [1.165, 1.54) is 0 Å². The van der Waals surface area contributed by atoms with E-state index in [1.54, 1.807) is 0 Å². The maximum Gasteiger partial charge on any atom is 0.251 e. The molecule has 3 aliphatic rings. The molecule has 126 valence electrons. The summed E-state index contributed by atoms with van der Waals surface area (Å²) in [5, 5.41) is 10.8. The van der Waals surface area contributed by atoms with Crippen molar-refractivity contribution in [3.05, 3.63) is 0 Å². The standard InChI is InChI=1S/C16H29N3O3/c1-17-6-3-5-16(21,12-17)13-18-7-9-19(10-8-18)15(20)14-4-2-11-22-14/h14,21H,2-13H2,1H3/t14-,16+/m1/s1. The van der Waals surface area contributed by atoms with Gasteiger partial charge in [0.25, 0.3) is 5.91 Å². The maximum atomic E-state index is 12.3. The van der Waals surface area contributed by atoms with E-state index in [4.69, 9.17) is 4.74 Å². The van der Waals surface area contributed by atoms with Crippen LogP contribution in [0.5, 0.6) is 0 Å². The number of carbonyl (C=O) groups is 1. The van der Waals surface area contributed by atoms with Crippen molar-refractivity contribution in [2.24, 2.45) is 0 Å². The van der Waals surface area contributed by atoms with Crippen LogP contribution in [0.4, 0.5) is 0 Å². The number of amides is 1. The number of carbonyl (C=O) groups excluding carboxylic acids is 1. The zero-order valence-electron chi connectivity index (χ0n) is 13.7. The number of hydrogen-bond donors (Lipinski definition) is 1. The van der Waals surface area contributed by atoms with Gasteiger partial charge in [-0.1, -0.05) is 0 Å². The van der Waals surface area contributed by atoms with Crippen LogP contribution < -0.4 is 0 Å². The van der Waals surface area contributed by atoms with E-state index >= 15 is 0 Å². The highest BCUT2D eigenvalue weighted by Gasteiger charge is 2.36. The average Bonchev–Trinajstić information content (AvgIpc) is 3.01. The van der Waals surface area contributed by atoms with E-state index in [-0.39, 0.29) is 12.0 Å². The zero-order chi connectivity index (χ0) is 15.6. The number of aliphatic hydroxyl groups is 1. The number of piperazine rings is 1. The van der Waals surface area contributed by atoms with Crippen molar-refractivity contribution in [3.8, 4) is 0 Å². The zero-order valence-corrected chi connectivity index (χ0v) is 13.7. The molecule has 3 rings (SSSR count). The lowest BCUT2D eigenvalue weighted by atomic mass is 9.92. The van der Waals surface area contributed by atoms with Crippen LogP contribution in [0.1, 0.15) is 25.7 Å². The van der Waals surface area contributed by atoms with Gasteiger partial charge in [-0.3, -0.25) is 9.69 Å². The lowest BCUT2D eigenvalue weighted by Crippen LogP contribution is -2.58. The van der Waals surface area contributed by atoms with Gasteiger partial charge in [-0.2, -0.15) is 0 Å². The van der Waals surface area contributed by atoms with E-state index in [0.29, 0.717) is 0 Å². The summed E-state index contributed by atoms with van der Waals surface area (Å²) in [6, 6.07) is 0. The normalized spacial score (nSPS) is 35.0. The maximum absolute atomic E-state index is 12.3. The van der Waals surface area contributed by atoms with Crippen LogP contribution in [0.25, 0.3) is 0 Å². The predicted molar refractivity (Wildman–Crippen MR) is 83.7 cm³/mol. The topological polar surface area (TPSA) is 56.2 Å². The second-order valence-electron chi connectivity index (χ2n) is 7.17. The smallest absolute Gasteiger partial charge is 0.251 e. The minimum Gasteiger partial charge on any atom is -0.387 e. The third kappa shape index (κ3) is 3.79. The molecule has 0 aromatic rings. The molecule has 2 atom stereocenters. The summed E-state index contributed by atoms with van der Waals surface area (Å²) < 4.78 is 5.49. The Morgan fingerprint density at radius 3 is 2.64 bits per heavy atom. The fourth-order valence-corrected chi connectivity index (χ4v) is 3.99. The summed E-state index contributed by atoms with van der Waals surface area (Å²) in [6.45, 7) is 6.48. The Balaban J connectivity index is 1.46. The van der Waals surface area contributed by atoms with Gasteiger partial charge in [0.05, 0.1) is 5.60 Å². The molecule has 0 saturated carbocycles. The third-order valence-electron chi connectivity index (χ3n) is 5.15. The fourth-order valence-electron chi connectivity index (χ4n) is 3.99. The number of nitrogens with zero attached hydrogens (tertiary/aromatic N) is 3. The van der Waals surface area contributed by atoms with Crippen LogP contribution in [0.2, 0.25) is 0 Å². The van der Waals surface area contributed by atoms with Gasteiger partial charge in [-0.15, -0.1) is 0 Å². The second-order valence-corrected chi connectivity index (χ2v) is 7.17. The number of β-amino-alcohol motifs (C(OH)–C–C–N with tert-alkyl or cyclic N) is 1. The molecule has 3 aliphatic heterocycles. The summed E-state index contributed by atoms with van der Waals surface area (Å²) >= 11 is 0. The van der Waals surface area contributed by atoms with Gasteiger partial charge in [0, 0.05) is 45.9 Å². The molecule has 0 aromatic carbocycles. The largest absolute Gasteiger partial charge is 0.387 e. The van der Waals surface area contributed by atoms with Crippen molar-refractivity contribution in [2.45, 2.75) is 37.4 Å². The quantitative estimate of drug-likeness (QED) is 0.780. The number of rotatable bonds is 3. The molecule has 1 N–H and O–H groups in total. The predicted octanol–water partition coefficient (Wildman–Crippen LogP) is -0.234. The van der Waals surface area contributed by atoms with Gasteiger partial charge in [0.1, 0.15) is 6.10 Å². The second kappa shape index (κ2) is 6.83. The van der Waals surface area contributed by atoms with Crippen molar-refractivity contribution >= 4 is 5.91 Å². The van der Waals surface area contributed by atoms with E-state index in [0.717, 1.165) is 78.1 Å². The van der Waals surface area contributed by atoms with Crippen LogP contribution in [-0.2, 0) is 9.53 Å². The number of piperidine rings is 1. The first-order valence-corrected chi connectivity index (χ1v) is 8.59. The van der Waals surface area contributed by atoms with Crippen LogP contribution in [-0.4, -0.2) is 96.9 Å². The minimum absolute atomic E-state index is 0.160. The highest BCUT2D eigenvalue weighted by atomic mass is 16.5. The van der Waals surface area contributed by atoms with Crippen molar-refractivity contribution in [1.82, 2.24) is 14.7 Å². The van der Waals surface area contributed by atoms with Crippen LogP contribution in [0.3, 0.4) is 0 Å². The number of hydrogen-bond acceptors (Lipinski definition) is 5. The Kier molecular flexibility index (Phi) is 5.02. The molecule has 3 saturated heterocycles. The highest BCUT2D eigenvalue weighted by Crippen LogP contribution is 2.22. The van der Waals surface area contributed by atoms with Crippen molar-refractivity contribution in [2.75, 3.05) is 59.5 Å². The molecular formula is C16H29N3O3. The Bertz CT molecular complexity index is 392. The van der Waals surface area contributed by atoms with Crippen LogP contribution in [0, 0.1) is 0 Å². The first-order chi connectivity index (χ1) is 10.6. The number of likely N-dealkylation sites (N-methyl/N-ethyl adjacent to an activating group) is 1. The molecule has 0 aliphatic carbocycles. The molecule has 0 aromatic heterocycles. The molecule has 22 heavy (non-hydrogen) atoms. The molecule has 0 unspecified atom stereocenters. The van der Waals surface area contributed by atoms with Crippen molar-refractivity contribution < 1.29 is 14.6 Å². The lowest BCUT2D eigenvalue weighted by Gasteiger charge is -2.43. The molecule has 1 amide bonds. The van der Waals surface area contributed by atoms with Crippen molar-refractivity contribution in [3.63, 3.8) is 0 Å². The van der Waals surface area contributed by atoms with Gasteiger partial charge < -0.3 is 19.6 Å². The highest BCUT2D eigenvalue weighted by molar-refractivity contribution is 5.81. The summed E-state index contributed by atoms with van der Waals surface area (Å²) in [6.07, 6.45) is 3.60. The van der Waals surface area contributed by atoms with Crippen molar-refractivity contribution in [1.29, 1.82) is 0 Å². The molecule has 0 radical (unpaired) electrons. The average molecular weight is 311 g/mol. The summed E-state index contributed by atoms with van der Waals surface area (Å²) in [7, 11) is 2.07. The first-order valence-electron chi connectivity index (χ1n) is 8.59. The summed E-state index contributed by atoms with van der Waals surface area (Å²) in [4.78, 5) is 18.8. The van der Waals surface area contributed by atoms with Gasteiger partial charge in [-0.05, 0) is 39.3 Å². The fraction of sp³-hybridized carbons (Fsp3) is 0.938. The van der Waals surface area contributed by atoms with E-state index in [1.807, 2.05) is 4.90 Å². The van der Waals surface area contributed by atoms with Gasteiger partial charge >= 0.3 is 0 Å². The Morgan fingerprint density at radius 2 is 2.00 bits per heavy atom. The molecular weight excluding hydrogens is 282 g/mol. The van der Waals surface area contributed by atoms with Gasteiger partial charge in [0.2, 0.25) is 0 Å². The molecule has 0 spiro atoms. The Hall–Kier alpha value is -0.690. The van der Waals surface area contributed by atoms with E-state index < -0.39 is 5.60 Å². The third-order valence-corrected chi connectivity index (χ3v) is 5.15.